The van der Waals surface area contributed by atoms with Crippen LogP contribution in [-0.2, 0) is 0 Å². The summed E-state index contributed by atoms with van der Waals surface area (Å²) in [5.41, 5.74) is 1.01. The zero-order valence-electron chi connectivity index (χ0n) is 11.5. The van der Waals surface area contributed by atoms with Crippen molar-refractivity contribution in [2.24, 2.45) is 0 Å². The first-order valence-corrected chi connectivity index (χ1v) is 7.34. The molecule has 1 aromatic heterocycles. The maximum Gasteiger partial charge on any atom is 0.151 e. The highest BCUT2D eigenvalue weighted by atomic mass is 32.1. The second-order valence-corrected chi connectivity index (χ2v) is 5.13. The van der Waals surface area contributed by atoms with Crippen LogP contribution in [0, 0.1) is 0 Å². The lowest BCUT2D eigenvalue weighted by atomic mass is 10.2. The van der Waals surface area contributed by atoms with Crippen LogP contribution in [0.1, 0.15) is 31.3 Å². The molecule has 0 aliphatic rings. The molecular weight excluding hydrogens is 258 g/mol. The third kappa shape index (κ3) is 3.11. The average molecular weight is 277 g/mol. The molecule has 2 aromatic rings. The molecule has 0 saturated carbocycles. The van der Waals surface area contributed by atoms with E-state index < -0.39 is 0 Å². The van der Waals surface area contributed by atoms with Gasteiger partial charge in [-0.05, 0) is 32.5 Å². The molecule has 0 spiro atoms. The Bertz CT molecular complexity index is 523. The fourth-order valence-corrected chi connectivity index (χ4v) is 2.98. The van der Waals surface area contributed by atoms with E-state index in [1.807, 2.05) is 38.2 Å². The standard InChI is InChI=1S/C14H19N3OS/c1-4-11(15-3)14-17-16-13(19-14)10-8-6-7-9-12(10)18-5-2/h6-9,11,15H,4-5H2,1-3H3. The molecule has 5 heteroatoms. The number of rotatable bonds is 6. The average Bonchev–Trinajstić information content (AvgIpc) is 2.91. The van der Waals surface area contributed by atoms with Crippen LogP contribution < -0.4 is 10.1 Å². The van der Waals surface area contributed by atoms with E-state index in [1.54, 1.807) is 11.3 Å². The lowest BCUT2D eigenvalue weighted by molar-refractivity contribution is 0.341. The highest BCUT2D eigenvalue weighted by molar-refractivity contribution is 7.14. The van der Waals surface area contributed by atoms with Crippen molar-refractivity contribution in [2.45, 2.75) is 26.3 Å². The van der Waals surface area contributed by atoms with Crippen LogP contribution in [0.4, 0.5) is 0 Å². The fourth-order valence-electron chi connectivity index (χ4n) is 1.91. The van der Waals surface area contributed by atoms with Gasteiger partial charge in [-0.25, -0.2) is 0 Å². The molecule has 0 radical (unpaired) electrons. The van der Waals surface area contributed by atoms with E-state index in [0.29, 0.717) is 6.61 Å². The van der Waals surface area contributed by atoms with Gasteiger partial charge in [-0.15, -0.1) is 10.2 Å². The summed E-state index contributed by atoms with van der Waals surface area (Å²) >= 11 is 1.62. The molecule has 1 unspecified atom stereocenters. The Hall–Kier alpha value is -1.46. The van der Waals surface area contributed by atoms with Gasteiger partial charge >= 0.3 is 0 Å². The molecule has 1 heterocycles. The lowest BCUT2D eigenvalue weighted by Crippen LogP contribution is -2.14. The van der Waals surface area contributed by atoms with Gasteiger partial charge in [-0.1, -0.05) is 30.4 Å². The Labute approximate surface area is 117 Å². The van der Waals surface area contributed by atoms with Gasteiger partial charge in [0.1, 0.15) is 10.8 Å². The maximum absolute atomic E-state index is 5.64. The summed E-state index contributed by atoms with van der Waals surface area (Å²) in [6, 6.07) is 8.23. The summed E-state index contributed by atoms with van der Waals surface area (Å²) in [6.07, 6.45) is 0.998. The van der Waals surface area contributed by atoms with Crippen molar-refractivity contribution in [3.05, 3.63) is 29.3 Å². The number of benzene rings is 1. The van der Waals surface area contributed by atoms with Crippen LogP contribution in [-0.4, -0.2) is 23.9 Å². The number of nitrogens with one attached hydrogen (secondary N) is 1. The van der Waals surface area contributed by atoms with Crippen molar-refractivity contribution in [1.29, 1.82) is 0 Å². The fraction of sp³-hybridized carbons (Fsp3) is 0.429. The van der Waals surface area contributed by atoms with Crippen molar-refractivity contribution >= 4 is 11.3 Å². The van der Waals surface area contributed by atoms with Gasteiger partial charge in [0.2, 0.25) is 0 Å². The van der Waals surface area contributed by atoms with E-state index in [0.717, 1.165) is 27.7 Å². The summed E-state index contributed by atoms with van der Waals surface area (Å²) in [5.74, 6) is 0.866. The van der Waals surface area contributed by atoms with Crippen LogP contribution in [0.25, 0.3) is 10.6 Å². The van der Waals surface area contributed by atoms with Crippen molar-refractivity contribution in [2.75, 3.05) is 13.7 Å². The molecule has 2 rings (SSSR count). The van der Waals surface area contributed by atoms with Crippen molar-refractivity contribution in [3.8, 4) is 16.3 Å². The molecule has 1 N–H and O–H groups in total. The van der Waals surface area contributed by atoms with Crippen LogP contribution in [0.3, 0.4) is 0 Å². The Morgan fingerprint density at radius 2 is 2.05 bits per heavy atom. The molecule has 0 aliphatic heterocycles. The first-order valence-electron chi connectivity index (χ1n) is 6.53. The number of hydrogen-bond acceptors (Lipinski definition) is 5. The zero-order chi connectivity index (χ0) is 13.7. The predicted molar refractivity (Wildman–Crippen MR) is 78.6 cm³/mol. The van der Waals surface area contributed by atoms with Gasteiger partial charge in [0.25, 0.3) is 0 Å². The molecule has 0 bridgehead atoms. The second-order valence-electron chi connectivity index (χ2n) is 4.12. The number of nitrogens with zero attached hydrogens (tertiary/aromatic N) is 2. The molecule has 1 aromatic carbocycles. The predicted octanol–water partition coefficient (Wildman–Crippen LogP) is 3.27. The Kier molecular flexibility index (Phi) is 4.87. The number of aromatic nitrogens is 2. The highest BCUT2D eigenvalue weighted by Gasteiger charge is 2.16. The van der Waals surface area contributed by atoms with Gasteiger partial charge in [-0.2, -0.15) is 0 Å². The normalized spacial score (nSPS) is 12.4. The van der Waals surface area contributed by atoms with Gasteiger partial charge in [0, 0.05) is 0 Å². The molecular formula is C14H19N3OS. The molecule has 0 fully saturated rings. The van der Waals surface area contributed by atoms with Crippen LogP contribution in [0.15, 0.2) is 24.3 Å². The molecule has 1 atom stereocenters. The topological polar surface area (TPSA) is 47.0 Å². The van der Waals surface area contributed by atoms with Gasteiger partial charge < -0.3 is 10.1 Å². The molecule has 0 amide bonds. The summed E-state index contributed by atoms with van der Waals surface area (Å²) in [5, 5.41) is 13.8. The number of para-hydroxylation sites is 1. The largest absolute Gasteiger partial charge is 0.493 e. The summed E-state index contributed by atoms with van der Waals surface area (Å²) in [4.78, 5) is 0. The van der Waals surface area contributed by atoms with E-state index in [2.05, 4.69) is 22.4 Å². The smallest absolute Gasteiger partial charge is 0.151 e. The summed E-state index contributed by atoms with van der Waals surface area (Å²) in [7, 11) is 1.95. The molecule has 19 heavy (non-hydrogen) atoms. The van der Waals surface area contributed by atoms with E-state index in [4.69, 9.17) is 4.74 Å². The van der Waals surface area contributed by atoms with E-state index in [9.17, 15) is 0 Å². The van der Waals surface area contributed by atoms with Crippen molar-refractivity contribution < 1.29 is 4.74 Å². The third-order valence-corrected chi connectivity index (χ3v) is 3.98. The SMILES string of the molecule is CCOc1ccccc1-c1nnc(C(CC)NC)s1. The van der Waals surface area contributed by atoms with Crippen LogP contribution in [0.5, 0.6) is 5.75 Å². The van der Waals surface area contributed by atoms with Crippen molar-refractivity contribution in [3.63, 3.8) is 0 Å². The van der Waals surface area contributed by atoms with E-state index >= 15 is 0 Å². The van der Waals surface area contributed by atoms with Crippen LogP contribution >= 0.6 is 11.3 Å². The van der Waals surface area contributed by atoms with Crippen LogP contribution in [0.2, 0.25) is 0 Å². The van der Waals surface area contributed by atoms with E-state index in [1.165, 1.54) is 0 Å². The van der Waals surface area contributed by atoms with Crippen molar-refractivity contribution in [1.82, 2.24) is 15.5 Å². The highest BCUT2D eigenvalue weighted by Crippen LogP contribution is 2.33. The first-order chi connectivity index (χ1) is 9.30. The summed E-state index contributed by atoms with van der Waals surface area (Å²) < 4.78 is 5.64. The molecule has 102 valence electrons. The van der Waals surface area contributed by atoms with Gasteiger partial charge in [0.15, 0.2) is 5.01 Å². The monoisotopic (exact) mass is 277 g/mol. The summed E-state index contributed by atoms with van der Waals surface area (Å²) in [6.45, 7) is 4.77. The minimum absolute atomic E-state index is 0.269. The molecule has 0 saturated heterocycles. The maximum atomic E-state index is 5.64. The first kappa shape index (κ1) is 14.0. The minimum Gasteiger partial charge on any atom is -0.493 e. The molecule has 0 aliphatic carbocycles. The quantitative estimate of drug-likeness (QED) is 0.880. The Morgan fingerprint density at radius 3 is 2.74 bits per heavy atom. The zero-order valence-corrected chi connectivity index (χ0v) is 12.3. The third-order valence-electron chi connectivity index (χ3n) is 2.91. The Balaban J connectivity index is 2.32. The van der Waals surface area contributed by atoms with E-state index in [-0.39, 0.29) is 6.04 Å². The Morgan fingerprint density at radius 1 is 1.26 bits per heavy atom. The minimum atomic E-state index is 0.269. The molecule has 4 nitrogen and oxygen atoms in total. The van der Waals surface area contributed by atoms with Gasteiger partial charge in [-0.3, -0.25) is 0 Å². The van der Waals surface area contributed by atoms with Gasteiger partial charge in [0.05, 0.1) is 18.2 Å². The lowest BCUT2D eigenvalue weighted by Gasteiger charge is -2.08. The number of ether oxygens (including phenoxy) is 1. The second kappa shape index (κ2) is 6.63. The number of hydrogen-bond donors (Lipinski definition) is 1.